The minimum atomic E-state index is 0.381. The van der Waals surface area contributed by atoms with Crippen molar-refractivity contribution in [2.24, 2.45) is 0 Å². The summed E-state index contributed by atoms with van der Waals surface area (Å²) < 4.78 is 1.42. The molecule has 120 valence electrons. The fraction of sp³-hybridized carbons (Fsp3) is 0.421. The molecular formula is C19H22N2S2. The Morgan fingerprint density at radius 1 is 1.22 bits per heavy atom. The zero-order chi connectivity index (χ0) is 15.6. The van der Waals surface area contributed by atoms with E-state index in [1.54, 1.807) is 16.2 Å². The highest BCUT2D eigenvalue weighted by molar-refractivity contribution is 7.19. The summed E-state index contributed by atoms with van der Waals surface area (Å²) in [6.45, 7) is 6.07. The van der Waals surface area contributed by atoms with Gasteiger partial charge < -0.3 is 4.90 Å². The monoisotopic (exact) mass is 342 g/mol. The number of rotatable bonds is 5. The van der Waals surface area contributed by atoms with E-state index in [2.05, 4.69) is 46.5 Å². The zero-order valence-electron chi connectivity index (χ0n) is 13.5. The Labute approximate surface area is 145 Å². The molecule has 1 atom stereocenters. The van der Waals surface area contributed by atoms with Gasteiger partial charge in [0.05, 0.1) is 11.2 Å². The predicted molar refractivity (Wildman–Crippen MR) is 101 cm³/mol. The van der Waals surface area contributed by atoms with Crippen LogP contribution >= 0.6 is 22.7 Å². The Morgan fingerprint density at radius 2 is 2.04 bits per heavy atom. The molecule has 23 heavy (non-hydrogen) atoms. The summed E-state index contributed by atoms with van der Waals surface area (Å²) in [5.41, 5.74) is 4.67. The molecule has 0 saturated carbocycles. The van der Waals surface area contributed by atoms with Gasteiger partial charge in [0.1, 0.15) is 0 Å². The second-order valence-corrected chi connectivity index (χ2v) is 8.22. The van der Waals surface area contributed by atoms with Gasteiger partial charge in [-0.15, -0.1) is 22.7 Å². The van der Waals surface area contributed by atoms with Gasteiger partial charge in [-0.1, -0.05) is 25.1 Å². The van der Waals surface area contributed by atoms with E-state index in [0.717, 1.165) is 0 Å². The Balaban J connectivity index is 1.69. The molecular weight excluding hydrogens is 320 g/mol. The standard InChI is InChI=1S/C19H22N2S2/c1-14(16-12-22-13-20-16)19-15-6-2-3-7-17(15)23-18(19)8-11-21-9-4-5-10-21/h2-3,6-7,12-14H,4-5,8-11H2,1H3/t14-/m0/s1. The van der Waals surface area contributed by atoms with Crippen LogP contribution < -0.4 is 0 Å². The average molecular weight is 343 g/mol. The van der Waals surface area contributed by atoms with Crippen LogP contribution in [0, 0.1) is 0 Å². The average Bonchev–Trinajstić information content (AvgIpc) is 3.31. The Bertz CT molecular complexity index is 770. The summed E-state index contributed by atoms with van der Waals surface area (Å²) in [7, 11) is 0. The molecule has 2 nitrogen and oxygen atoms in total. The normalized spacial score (nSPS) is 17.1. The molecule has 3 aromatic rings. The van der Waals surface area contributed by atoms with Crippen LogP contribution in [0.5, 0.6) is 0 Å². The number of hydrogen-bond acceptors (Lipinski definition) is 4. The molecule has 0 amide bonds. The summed E-state index contributed by atoms with van der Waals surface area (Å²) in [4.78, 5) is 8.74. The summed E-state index contributed by atoms with van der Waals surface area (Å²) in [5.74, 6) is 0.381. The van der Waals surface area contributed by atoms with Gasteiger partial charge in [-0.3, -0.25) is 0 Å². The van der Waals surface area contributed by atoms with E-state index in [9.17, 15) is 0 Å². The number of likely N-dealkylation sites (tertiary alicyclic amines) is 1. The summed E-state index contributed by atoms with van der Waals surface area (Å²) in [5, 5.41) is 3.62. The van der Waals surface area contributed by atoms with Crippen LogP contribution in [0.2, 0.25) is 0 Å². The molecule has 4 heteroatoms. The molecule has 0 spiro atoms. The molecule has 1 aromatic carbocycles. The zero-order valence-corrected chi connectivity index (χ0v) is 15.1. The van der Waals surface area contributed by atoms with Gasteiger partial charge >= 0.3 is 0 Å². The summed E-state index contributed by atoms with van der Waals surface area (Å²) >= 11 is 3.68. The van der Waals surface area contributed by atoms with Crippen molar-refractivity contribution in [1.29, 1.82) is 0 Å². The van der Waals surface area contributed by atoms with Gasteiger partial charge in [-0.05, 0) is 49.4 Å². The van der Waals surface area contributed by atoms with Gasteiger partial charge in [0.15, 0.2) is 0 Å². The Hall–Kier alpha value is -1.23. The molecule has 3 heterocycles. The largest absolute Gasteiger partial charge is 0.303 e. The van der Waals surface area contributed by atoms with Gasteiger partial charge in [0, 0.05) is 27.4 Å². The van der Waals surface area contributed by atoms with Crippen molar-refractivity contribution < 1.29 is 0 Å². The quantitative estimate of drug-likeness (QED) is 0.637. The minimum Gasteiger partial charge on any atom is -0.303 e. The first-order valence-electron chi connectivity index (χ1n) is 8.43. The van der Waals surface area contributed by atoms with Crippen molar-refractivity contribution in [3.05, 3.63) is 51.3 Å². The molecule has 1 saturated heterocycles. The highest BCUT2D eigenvalue weighted by atomic mass is 32.1. The number of fused-ring (bicyclic) bond motifs is 1. The maximum atomic E-state index is 4.57. The fourth-order valence-corrected chi connectivity index (χ4v) is 5.56. The molecule has 0 aliphatic carbocycles. The Kier molecular flexibility index (Phi) is 4.47. The predicted octanol–water partition coefficient (Wildman–Crippen LogP) is 5.15. The van der Waals surface area contributed by atoms with Crippen molar-refractivity contribution in [1.82, 2.24) is 9.88 Å². The smallest absolute Gasteiger partial charge is 0.0794 e. The van der Waals surface area contributed by atoms with Crippen LogP contribution in [-0.2, 0) is 6.42 Å². The number of thiophene rings is 1. The van der Waals surface area contributed by atoms with Crippen LogP contribution in [0.15, 0.2) is 35.2 Å². The number of hydrogen-bond donors (Lipinski definition) is 0. The van der Waals surface area contributed by atoms with E-state index in [0.29, 0.717) is 5.92 Å². The first-order chi connectivity index (χ1) is 11.3. The molecule has 0 unspecified atom stereocenters. The third kappa shape index (κ3) is 3.08. The van der Waals surface area contributed by atoms with Crippen molar-refractivity contribution in [3.8, 4) is 0 Å². The fourth-order valence-electron chi connectivity index (χ4n) is 3.63. The van der Waals surface area contributed by atoms with Gasteiger partial charge in [0.25, 0.3) is 0 Å². The van der Waals surface area contributed by atoms with E-state index in [1.165, 1.54) is 60.2 Å². The van der Waals surface area contributed by atoms with Gasteiger partial charge in [-0.25, -0.2) is 4.98 Å². The third-order valence-corrected chi connectivity index (χ3v) is 6.74. The van der Waals surface area contributed by atoms with Crippen LogP contribution in [0.1, 0.15) is 41.8 Å². The molecule has 0 bridgehead atoms. The molecule has 1 aliphatic heterocycles. The molecule has 0 radical (unpaired) electrons. The number of aromatic nitrogens is 1. The van der Waals surface area contributed by atoms with E-state index in [-0.39, 0.29) is 0 Å². The first kappa shape index (κ1) is 15.3. The highest BCUT2D eigenvalue weighted by Crippen LogP contribution is 2.39. The lowest BCUT2D eigenvalue weighted by Gasteiger charge is -2.16. The molecule has 1 aliphatic rings. The topological polar surface area (TPSA) is 16.1 Å². The van der Waals surface area contributed by atoms with Crippen LogP contribution in [0.3, 0.4) is 0 Å². The maximum absolute atomic E-state index is 4.57. The first-order valence-corrected chi connectivity index (χ1v) is 10.2. The second-order valence-electron chi connectivity index (χ2n) is 6.37. The highest BCUT2D eigenvalue weighted by Gasteiger charge is 2.21. The lowest BCUT2D eigenvalue weighted by Crippen LogP contribution is -2.22. The molecule has 0 N–H and O–H groups in total. The van der Waals surface area contributed by atoms with E-state index in [1.807, 2.05) is 16.8 Å². The third-order valence-electron chi connectivity index (χ3n) is 4.89. The van der Waals surface area contributed by atoms with E-state index >= 15 is 0 Å². The van der Waals surface area contributed by atoms with Crippen LogP contribution in [0.4, 0.5) is 0 Å². The SMILES string of the molecule is C[C@@H](c1cscn1)c1c(CCN2CCCC2)sc2ccccc12. The van der Waals surface area contributed by atoms with Crippen molar-refractivity contribution >= 4 is 32.8 Å². The van der Waals surface area contributed by atoms with Crippen molar-refractivity contribution in [2.45, 2.75) is 32.1 Å². The number of thiazole rings is 1. The van der Waals surface area contributed by atoms with E-state index in [4.69, 9.17) is 0 Å². The summed E-state index contributed by atoms with van der Waals surface area (Å²) in [6, 6.07) is 8.86. The van der Waals surface area contributed by atoms with Crippen molar-refractivity contribution in [2.75, 3.05) is 19.6 Å². The lowest BCUT2D eigenvalue weighted by molar-refractivity contribution is 0.344. The molecule has 4 rings (SSSR count). The molecule has 1 fully saturated rings. The second kappa shape index (κ2) is 6.71. The van der Waals surface area contributed by atoms with Crippen molar-refractivity contribution in [3.63, 3.8) is 0 Å². The lowest BCUT2D eigenvalue weighted by atomic mass is 9.94. The minimum absolute atomic E-state index is 0.381. The van der Waals surface area contributed by atoms with E-state index < -0.39 is 0 Å². The number of benzene rings is 1. The van der Waals surface area contributed by atoms with Gasteiger partial charge in [-0.2, -0.15) is 0 Å². The number of nitrogens with zero attached hydrogens (tertiary/aromatic N) is 2. The van der Waals surface area contributed by atoms with Crippen LogP contribution in [0.25, 0.3) is 10.1 Å². The molecule has 2 aromatic heterocycles. The Morgan fingerprint density at radius 3 is 2.83 bits per heavy atom. The van der Waals surface area contributed by atoms with Crippen LogP contribution in [-0.4, -0.2) is 29.5 Å². The summed E-state index contributed by atoms with van der Waals surface area (Å²) in [6.07, 6.45) is 3.91. The maximum Gasteiger partial charge on any atom is 0.0794 e. The van der Waals surface area contributed by atoms with Gasteiger partial charge in [0.2, 0.25) is 0 Å².